The molecule has 1 amide bonds. The second-order valence-electron chi connectivity index (χ2n) is 5.19. The summed E-state index contributed by atoms with van der Waals surface area (Å²) in [4.78, 5) is 23.2. The molecule has 1 unspecified atom stereocenters. The van der Waals surface area contributed by atoms with E-state index in [1.54, 1.807) is 18.2 Å². The van der Waals surface area contributed by atoms with Crippen LogP contribution in [0.1, 0.15) is 20.3 Å². The van der Waals surface area contributed by atoms with Crippen LogP contribution in [0, 0.1) is 17.7 Å². The summed E-state index contributed by atoms with van der Waals surface area (Å²) in [6.45, 7) is 3.97. The molecule has 1 aromatic rings. The van der Waals surface area contributed by atoms with Crippen molar-refractivity contribution in [3.05, 3.63) is 30.1 Å². The first-order valence-electron chi connectivity index (χ1n) is 6.77. The molecule has 1 rings (SSSR count). The van der Waals surface area contributed by atoms with E-state index in [2.05, 4.69) is 5.32 Å². The van der Waals surface area contributed by atoms with Crippen LogP contribution in [0.15, 0.2) is 29.2 Å². The Kier molecular flexibility index (Phi) is 7.22. The summed E-state index contributed by atoms with van der Waals surface area (Å²) < 4.78 is 13.4. The van der Waals surface area contributed by atoms with Crippen molar-refractivity contribution in [2.75, 3.05) is 12.3 Å². The van der Waals surface area contributed by atoms with Crippen molar-refractivity contribution in [1.29, 1.82) is 0 Å². The van der Waals surface area contributed by atoms with Crippen LogP contribution in [0.5, 0.6) is 0 Å². The van der Waals surface area contributed by atoms with Crippen LogP contribution in [0.4, 0.5) is 4.39 Å². The summed E-state index contributed by atoms with van der Waals surface area (Å²) in [5, 5.41) is 11.7. The van der Waals surface area contributed by atoms with E-state index in [1.165, 1.54) is 6.07 Å². The largest absolute Gasteiger partial charge is 0.481 e. The van der Waals surface area contributed by atoms with Crippen molar-refractivity contribution in [2.24, 2.45) is 11.8 Å². The van der Waals surface area contributed by atoms with Crippen LogP contribution in [-0.2, 0) is 9.59 Å². The maximum absolute atomic E-state index is 13.4. The van der Waals surface area contributed by atoms with Gasteiger partial charge in [-0.1, -0.05) is 26.0 Å². The Morgan fingerprint density at radius 2 is 2.00 bits per heavy atom. The number of thioether (sulfide) groups is 1. The maximum atomic E-state index is 13.4. The fraction of sp³-hybridized carbons (Fsp3) is 0.467. The Balaban J connectivity index is 2.39. The van der Waals surface area contributed by atoms with Crippen molar-refractivity contribution in [3.63, 3.8) is 0 Å². The molecule has 0 spiro atoms. The molecule has 0 aliphatic carbocycles. The number of carbonyl (C=O) groups excluding carboxylic acids is 1. The molecule has 0 fully saturated rings. The molecule has 0 saturated heterocycles. The molecule has 1 atom stereocenters. The molecule has 116 valence electrons. The predicted molar refractivity (Wildman–Crippen MR) is 80.7 cm³/mol. The first kappa shape index (κ1) is 17.5. The van der Waals surface area contributed by atoms with E-state index in [0.717, 1.165) is 11.8 Å². The molecule has 0 saturated carbocycles. The number of rotatable bonds is 8. The fourth-order valence-electron chi connectivity index (χ4n) is 1.83. The van der Waals surface area contributed by atoms with Crippen LogP contribution in [0.25, 0.3) is 0 Å². The zero-order valence-electron chi connectivity index (χ0n) is 12.1. The van der Waals surface area contributed by atoms with Crippen LogP contribution in [0.3, 0.4) is 0 Å². The molecule has 0 aliphatic heterocycles. The van der Waals surface area contributed by atoms with Gasteiger partial charge >= 0.3 is 5.97 Å². The number of carboxylic acid groups (broad SMARTS) is 1. The second kappa shape index (κ2) is 8.67. The maximum Gasteiger partial charge on any atom is 0.308 e. The lowest BCUT2D eigenvalue weighted by atomic mass is 9.97. The third-order valence-electron chi connectivity index (χ3n) is 2.85. The quantitative estimate of drug-likeness (QED) is 0.724. The summed E-state index contributed by atoms with van der Waals surface area (Å²) >= 11 is 1.09. The summed E-state index contributed by atoms with van der Waals surface area (Å²) in [6.07, 6.45) is 0.510. The average molecular weight is 313 g/mol. The van der Waals surface area contributed by atoms with E-state index in [9.17, 15) is 14.0 Å². The molecule has 0 aromatic heterocycles. The van der Waals surface area contributed by atoms with E-state index in [4.69, 9.17) is 5.11 Å². The zero-order valence-corrected chi connectivity index (χ0v) is 13.0. The minimum Gasteiger partial charge on any atom is -0.481 e. The monoisotopic (exact) mass is 313 g/mol. The van der Waals surface area contributed by atoms with Gasteiger partial charge in [0.25, 0.3) is 0 Å². The minimum atomic E-state index is -0.911. The second-order valence-corrected chi connectivity index (χ2v) is 6.21. The van der Waals surface area contributed by atoms with Crippen LogP contribution in [-0.4, -0.2) is 29.3 Å². The number of aliphatic carboxylic acids is 1. The third kappa shape index (κ3) is 6.62. The molecular weight excluding hydrogens is 293 g/mol. The molecule has 0 bridgehead atoms. The van der Waals surface area contributed by atoms with Gasteiger partial charge in [-0.2, -0.15) is 0 Å². The number of nitrogens with one attached hydrogen (secondary N) is 1. The molecule has 6 heteroatoms. The van der Waals surface area contributed by atoms with E-state index in [1.807, 2.05) is 13.8 Å². The van der Waals surface area contributed by atoms with E-state index in [0.29, 0.717) is 11.3 Å². The molecule has 0 aliphatic rings. The first-order chi connectivity index (χ1) is 9.90. The molecular formula is C15H20FNO3S. The molecule has 21 heavy (non-hydrogen) atoms. The summed E-state index contributed by atoms with van der Waals surface area (Å²) in [6, 6.07) is 6.23. The highest BCUT2D eigenvalue weighted by atomic mass is 32.2. The molecule has 4 nitrogen and oxygen atoms in total. The van der Waals surface area contributed by atoms with E-state index >= 15 is 0 Å². The first-order valence-corrected chi connectivity index (χ1v) is 7.75. The van der Waals surface area contributed by atoms with Crippen molar-refractivity contribution in [1.82, 2.24) is 5.32 Å². The Hall–Kier alpha value is -1.56. The van der Waals surface area contributed by atoms with Gasteiger partial charge in [0.15, 0.2) is 0 Å². The normalized spacial score (nSPS) is 12.2. The highest BCUT2D eigenvalue weighted by molar-refractivity contribution is 8.00. The Morgan fingerprint density at radius 3 is 2.57 bits per heavy atom. The number of hydrogen-bond donors (Lipinski definition) is 2. The molecule has 2 N–H and O–H groups in total. The van der Waals surface area contributed by atoms with Gasteiger partial charge in [0.05, 0.1) is 11.7 Å². The Bertz CT molecular complexity index is 494. The van der Waals surface area contributed by atoms with Gasteiger partial charge in [0.2, 0.25) is 5.91 Å². The smallest absolute Gasteiger partial charge is 0.308 e. The van der Waals surface area contributed by atoms with Crippen molar-refractivity contribution in [3.8, 4) is 0 Å². The number of hydrogen-bond acceptors (Lipinski definition) is 3. The molecule has 0 heterocycles. The zero-order chi connectivity index (χ0) is 15.8. The standard InChI is InChI=1S/C15H20FNO3S/c1-10(2)7-11(15(19)20)8-17-14(18)9-21-13-6-4-3-5-12(13)16/h3-6,10-11H,7-9H2,1-2H3,(H,17,18)(H,19,20). The number of halogens is 1. The van der Waals surface area contributed by atoms with Crippen molar-refractivity contribution >= 4 is 23.6 Å². The van der Waals surface area contributed by atoms with Gasteiger partial charge in [-0.3, -0.25) is 9.59 Å². The highest BCUT2D eigenvalue weighted by Crippen LogP contribution is 2.20. The van der Waals surface area contributed by atoms with Gasteiger partial charge < -0.3 is 10.4 Å². The SMILES string of the molecule is CC(C)CC(CNC(=O)CSc1ccccc1F)C(=O)O. The lowest BCUT2D eigenvalue weighted by molar-refractivity contribution is -0.142. The average Bonchev–Trinajstić information content (AvgIpc) is 2.41. The number of carbonyl (C=O) groups is 2. The fourth-order valence-corrected chi connectivity index (χ4v) is 2.60. The summed E-state index contributed by atoms with van der Waals surface area (Å²) in [5.41, 5.74) is 0. The van der Waals surface area contributed by atoms with E-state index in [-0.39, 0.29) is 29.9 Å². The Labute approximate surface area is 128 Å². The van der Waals surface area contributed by atoms with Gasteiger partial charge in [-0.15, -0.1) is 11.8 Å². The Morgan fingerprint density at radius 1 is 1.33 bits per heavy atom. The van der Waals surface area contributed by atoms with Crippen molar-refractivity contribution in [2.45, 2.75) is 25.2 Å². The predicted octanol–water partition coefficient (Wildman–Crippen LogP) is 2.78. The van der Waals surface area contributed by atoms with Gasteiger partial charge in [-0.25, -0.2) is 4.39 Å². The van der Waals surface area contributed by atoms with Crippen molar-refractivity contribution < 1.29 is 19.1 Å². The highest BCUT2D eigenvalue weighted by Gasteiger charge is 2.19. The lowest BCUT2D eigenvalue weighted by Crippen LogP contribution is -2.34. The molecule has 1 aromatic carbocycles. The number of benzene rings is 1. The molecule has 0 radical (unpaired) electrons. The number of amides is 1. The van der Waals surface area contributed by atoms with Gasteiger partial charge in [0.1, 0.15) is 5.82 Å². The summed E-state index contributed by atoms with van der Waals surface area (Å²) in [5.74, 6) is -1.85. The summed E-state index contributed by atoms with van der Waals surface area (Å²) in [7, 11) is 0. The minimum absolute atomic E-state index is 0.0644. The number of carboxylic acids is 1. The van der Waals surface area contributed by atoms with Crippen LogP contribution >= 0.6 is 11.8 Å². The lowest BCUT2D eigenvalue weighted by Gasteiger charge is -2.15. The van der Waals surface area contributed by atoms with Crippen LogP contribution in [0.2, 0.25) is 0 Å². The van der Waals surface area contributed by atoms with Gasteiger partial charge in [-0.05, 0) is 24.5 Å². The van der Waals surface area contributed by atoms with Gasteiger partial charge in [0, 0.05) is 11.4 Å². The third-order valence-corrected chi connectivity index (χ3v) is 3.89. The topological polar surface area (TPSA) is 66.4 Å². The van der Waals surface area contributed by atoms with E-state index < -0.39 is 11.9 Å². The van der Waals surface area contributed by atoms with Crippen LogP contribution < -0.4 is 5.32 Å².